The molecule has 1 aliphatic rings. The van der Waals surface area contributed by atoms with E-state index in [0.717, 1.165) is 12.2 Å². The smallest absolute Gasteiger partial charge is 0.270 e. The fourth-order valence-electron chi connectivity index (χ4n) is 2.49. The second-order valence-corrected chi connectivity index (χ2v) is 5.87. The number of hydrogen-bond donors (Lipinski definition) is 2. The van der Waals surface area contributed by atoms with Crippen molar-refractivity contribution in [3.8, 4) is 0 Å². The lowest BCUT2D eigenvalue weighted by Gasteiger charge is -2.30. The molecule has 0 bridgehead atoms. The zero-order chi connectivity index (χ0) is 13.7. The summed E-state index contributed by atoms with van der Waals surface area (Å²) in [5.74, 6) is 0.653. The standard InChI is InChI=1S/C14H21N3OS/c1-15-13-9-5-7-11(16-13)14(18)17-10-6-3-4-8-12(10)19-2/h5,7,9-10,12H,3-4,6,8H2,1-2H3,(H,15,16)(H,17,18). The Morgan fingerprint density at radius 3 is 2.89 bits per heavy atom. The van der Waals surface area contributed by atoms with Crippen LogP contribution in [0.3, 0.4) is 0 Å². The zero-order valence-electron chi connectivity index (χ0n) is 11.5. The molecule has 1 amide bonds. The zero-order valence-corrected chi connectivity index (χ0v) is 12.3. The summed E-state index contributed by atoms with van der Waals surface area (Å²) in [4.78, 5) is 16.5. The molecular formula is C14H21N3OS. The second kappa shape index (κ2) is 6.80. The predicted molar refractivity (Wildman–Crippen MR) is 80.8 cm³/mol. The van der Waals surface area contributed by atoms with Crippen molar-refractivity contribution in [1.82, 2.24) is 10.3 Å². The van der Waals surface area contributed by atoms with Crippen LogP contribution in [0.15, 0.2) is 18.2 Å². The van der Waals surface area contributed by atoms with Crippen LogP contribution in [0.25, 0.3) is 0 Å². The number of amides is 1. The Labute approximate surface area is 118 Å². The first kappa shape index (κ1) is 14.2. The van der Waals surface area contributed by atoms with Crippen molar-refractivity contribution in [3.05, 3.63) is 23.9 Å². The molecule has 0 radical (unpaired) electrons. The third-order valence-corrected chi connectivity index (χ3v) is 4.73. The maximum Gasteiger partial charge on any atom is 0.270 e. The van der Waals surface area contributed by atoms with Crippen LogP contribution in [0.5, 0.6) is 0 Å². The average Bonchev–Trinajstić information content (AvgIpc) is 2.47. The van der Waals surface area contributed by atoms with E-state index in [1.54, 1.807) is 13.1 Å². The summed E-state index contributed by atoms with van der Waals surface area (Å²) in [6, 6.07) is 5.73. The molecule has 1 aromatic heterocycles. The van der Waals surface area contributed by atoms with E-state index in [-0.39, 0.29) is 11.9 Å². The Hall–Kier alpha value is -1.23. The molecule has 1 saturated carbocycles. The Morgan fingerprint density at radius 2 is 2.16 bits per heavy atom. The molecule has 19 heavy (non-hydrogen) atoms. The van der Waals surface area contributed by atoms with Crippen LogP contribution in [0.4, 0.5) is 5.82 Å². The van der Waals surface area contributed by atoms with Crippen molar-refractivity contribution in [1.29, 1.82) is 0 Å². The van der Waals surface area contributed by atoms with Gasteiger partial charge in [0, 0.05) is 18.3 Å². The van der Waals surface area contributed by atoms with E-state index in [4.69, 9.17) is 0 Å². The third-order valence-electron chi connectivity index (χ3n) is 3.56. The van der Waals surface area contributed by atoms with Gasteiger partial charge in [0.25, 0.3) is 5.91 Å². The van der Waals surface area contributed by atoms with Gasteiger partial charge in [-0.25, -0.2) is 4.98 Å². The van der Waals surface area contributed by atoms with Crippen LogP contribution in [-0.2, 0) is 0 Å². The number of pyridine rings is 1. The molecule has 1 fully saturated rings. The van der Waals surface area contributed by atoms with Crippen molar-refractivity contribution in [2.24, 2.45) is 0 Å². The predicted octanol–water partition coefficient (Wildman–Crippen LogP) is 2.53. The van der Waals surface area contributed by atoms with Gasteiger partial charge in [-0.2, -0.15) is 11.8 Å². The van der Waals surface area contributed by atoms with Gasteiger partial charge in [-0.15, -0.1) is 0 Å². The Morgan fingerprint density at radius 1 is 1.37 bits per heavy atom. The summed E-state index contributed by atoms with van der Waals surface area (Å²) in [5.41, 5.74) is 0.484. The van der Waals surface area contributed by atoms with Crippen molar-refractivity contribution >= 4 is 23.5 Å². The molecule has 5 heteroatoms. The molecular weight excluding hydrogens is 258 g/mol. The highest BCUT2D eigenvalue weighted by Crippen LogP contribution is 2.27. The van der Waals surface area contributed by atoms with Gasteiger partial charge in [0.1, 0.15) is 11.5 Å². The van der Waals surface area contributed by atoms with E-state index < -0.39 is 0 Å². The largest absolute Gasteiger partial charge is 0.373 e. The summed E-state index contributed by atoms with van der Waals surface area (Å²) in [6.07, 6.45) is 6.85. The van der Waals surface area contributed by atoms with Crippen LogP contribution in [0.1, 0.15) is 36.2 Å². The maximum atomic E-state index is 12.2. The highest BCUT2D eigenvalue weighted by atomic mass is 32.2. The van der Waals surface area contributed by atoms with Crippen LogP contribution < -0.4 is 10.6 Å². The molecule has 1 aromatic rings. The normalized spacial score (nSPS) is 22.8. The fourth-order valence-corrected chi connectivity index (χ4v) is 3.42. The third kappa shape index (κ3) is 3.62. The first-order valence-corrected chi connectivity index (χ1v) is 8.02. The van der Waals surface area contributed by atoms with Crippen molar-refractivity contribution < 1.29 is 4.79 Å². The van der Waals surface area contributed by atoms with Crippen LogP contribution in [-0.4, -0.2) is 35.5 Å². The van der Waals surface area contributed by atoms with E-state index in [1.165, 1.54) is 19.3 Å². The van der Waals surface area contributed by atoms with Gasteiger partial charge >= 0.3 is 0 Å². The number of hydrogen-bond acceptors (Lipinski definition) is 4. The highest BCUT2D eigenvalue weighted by molar-refractivity contribution is 7.99. The fraction of sp³-hybridized carbons (Fsp3) is 0.571. The maximum absolute atomic E-state index is 12.2. The minimum absolute atomic E-state index is 0.0666. The van der Waals surface area contributed by atoms with Gasteiger partial charge in [0.05, 0.1) is 0 Å². The Kier molecular flexibility index (Phi) is 5.07. The number of nitrogens with zero attached hydrogens (tertiary/aromatic N) is 1. The number of carbonyl (C=O) groups excluding carboxylic acids is 1. The van der Waals surface area contributed by atoms with Gasteiger partial charge in [0.15, 0.2) is 0 Å². The molecule has 0 aromatic carbocycles. The number of aromatic nitrogens is 1. The van der Waals surface area contributed by atoms with Crippen molar-refractivity contribution in [2.75, 3.05) is 18.6 Å². The van der Waals surface area contributed by atoms with E-state index in [1.807, 2.05) is 23.9 Å². The molecule has 1 heterocycles. The SMILES string of the molecule is CNc1cccc(C(=O)NC2CCCCC2SC)n1. The number of rotatable bonds is 4. The summed E-state index contributed by atoms with van der Waals surface area (Å²) >= 11 is 1.85. The first-order chi connectivity index (χ1) is 9.24. The van der Waals surface area contributed by atoms with Gasteiger partial charge < -0.3 is 10.6 Å². The monoisotopic (exact) mass is 279 g/mol. The summed E-state index contributed by atoms with van der Waals surface area (Å²) in [7, 11) is 1.80. The van der Waals surface area contributed by atoms with E-state index in [9.17, 15) is 4.79 Å². The molecule has 2 rings (SSSR count). The van der Waals surface area contributed by atoms with E-state index in [0.29, 0.717) is 10.9 Å². The summed E-state index contributed by atoms with van der Waals surface area (Å²) in [6.45, 7) is 0. The number of thioether (sulfide) groups is 1. The summed E-state index contributed by atoms with van der Waals surface area (Å²) < 4.78 is 0. The van der Waals surface area contributed by atoms with Gasteiger partial charge in [0.2, 0.25) is 0 Å². The molecule has 0 spiro atoms. The Balaban J connectivity index is 2.02. The number of anilines is 1. The Bertz CT molecular complexity index is 438. The summed E-state index contributed by atoms with van der Waals surface area (Å²) in [5, 5.41) is 6.62. The topological polar surface area (TPSA) is 54.0 Å². The van der Waals surface area contributed by atoms with Crippen molar-refractivity contribution in [3.63, 3.8) is 0 Å². The molecule has 104 valence electrons. The van der Waals surface area contributed by atoms with Gasteiger partial charge in [-0.3, -0.25) is 4.79 Å². The average molecular weight is 279 g/mol. The van der Waals surface area contributed by atoms with Gasteiger partial charge in [-0.1, -0.05) is 18.9 Å². The minimum atomic E-state index is -0.0666. The second-order valence-electron chi connectivity index (χ2n) is 4.80. The first-order valence-electron chi connectivity index (χ1n) is 6.73. The lowest BCUT2D eigenvalue weighted by Crippen LogP contribution is -2.43. The lowest BCUT2D eigenvalue weighted by molar-refractivity contribution is 0.0924. The van der Waals surface area contributed by atoms with Crippen LogP contribution in [0.2, 0.25) is 0 Å². The molecule has 4 nitrogen and oxygen atoms in total. The van der Waals surface area contributed by atoms with Crippen LogP contribution in [0, 0.1) is 0 Å². The molecule has 0 aliphatic heterocycles. The molecule has 1 aliphatic carbocycles. The van der Waals surface area contributed by atoms with Gasteiger partial charge in [-0.05, 0) is 31.2 Å². The van der Waals surface area contributed by atoms with Crippen molar-refractivity contribution in [2.45, 2.75) is 37.0 Å². The van der Waals surface area contributed by atoms with E-state index >= 15 is 0 Å². The molecule has 0 saturated heterocycles. The highest BCUT2D eigenvalue weighted by Gasteiger charge is 2.26. The quantitative estimate of drug-likeness (QED) is 0.889. The lowest BCUT2D eigenvalue weighted by atomic mass is 9.95. The molecule has 2 atom stereocenters. The molecule has 2 N–H and O–H groups in total. The number of nitrogens with one attached hydrogen (secondary N) is 2. The molecule has 2 unspecified atom stereocenters. The van der Waals surface area contributed by atoms with E-state index in [2.05, 4.69) is 21.9 Å². The number of carbonyl (C=O) groups is 1. The van der Waals surface area contributed by atoms with Crippen LogP contribution >= 0.6 is 11.8 Å². The minimum Gasteiger partial charge on any atom is -0.373 e.